The van der Waals surface area contributed by atoms with E-state index in [0.29, 0.717) is 0 Å². The minimum Gasteiger partial charge on any atom is -0.356 e. The average Bonchev–Trinajstić information content (AvgIpc) is 2.86. The first kappa shape index (κ1) is 11.5. The predicted octanol–water partition coefficient (Wildman–Crippen LogP) is 1.56. The van der Waals surface area contributed by atoms with Crippen molar-refractivity contribution in [3.05, 3.63) is 34.9 Å². The van der Waals surface area contributed by atoms with Gasteiger partial charge in [-0.25, -0.2) is 0 Å². The summed E-state index contributed by atoms with van der Waals surface area (Å²) in [6.45, 7) is 1.96. The van der Waals surface area contributed by atoms with E-state index in [-0.39, 0.29) is 5.56 Å². The molecule has 1 N–H and O–H groups in total. The van der Waals surface area contributed by atoms with Crippen molar-refractivity contribution in [3.8, 4) is 0 Å². The molecule has 6 heteroatoms. The fourth-order valence-corrected chi connectivity index (χ4v) is 2.89. The number of H-pyrrole nitrogens is 1. The van der Waals surface area contributed by atoms with Crippen molar-refractivity contribution in [1.29, 1.82) is 0 Å². The number of anilines is 1. The summed E-state index contributed by atoms with van der Waals surface area (Å²) in [5.74, 6) is 0.875. The maximum Gasteiger partial charge on any atom is 0.253 e. The summed E-state index contributed by atoms with van der Waals surface area (Å²) in [4.78, 5) is 21.2. The molecule has 4 rings (SSSR count). The van der Waals surface area contributed by atoms with E-state index >= 15 is 0 Å². The molecule has 20 heavy (non-hydrogen) atoms. The highest BCUT2D eigenvalue weighted by atomic mass is 16.1. The number of hydrogen-bond acceptors (Lipinski definition) is 4. The van der Waals surface area contributed by atoms with Gasteiger partial charge in [0.1, 0.15) is 11.5 Å². The van der Waals surface area contributed by atoms with Crippen molar-refractivity contribution >= 4 is 22.4 Å². The molecule has 0 aromatic carbocycles. The van der Waals surface area contributed by atoms with Gasteiger partial charge in [0, 0.05) is 31.5 Å². The molecular weight excluding hydrogens is 254 g/mol. The zero-order valence-corrected chi connectivity index (χ0v) is 11.0. The number of piperidine rings is 1. The maximum absolute atomic E-state index is 11.9. The predicted molar refractivity (Wildman–Crippen MR) is 77.2 cm³/mol. The molecule has 0 bridgehead atoms. The van der Waals surface area contributed by atoms with Crippen LogP contribution in [-0.4, -0.2) is 32.7 Å². The first-order valence-electron chi connectivity index (χ1n) is 6.94. The van der Waals surface area contributed by atoms with Gasteiger partial charge in [-0.05, 0) is 25.3 Å². The van der Waals surface area contributed by atoms with Gasteiger partial charge in [-0.2, -0.15) is 9.61 Å². The molecule has 1 fully saturated rings. The SMILES string of the molecule is O=c1cc(N2CCCCC2)n2nc3ccncc3c2[nH]1. The number of rotatable bonds is 1. The largest absolute Gasteiger partial charge is 0.356 e. The van der Waals surface area contributed by atoms with E-state index in [1.807, 2.05) is 10.6 Å². The summed E-state index contributed by atoms with van der Waals surface area (Å²) in [6, 6.07) is 3.50. The molecule has 0 unspecified atom stereocenters. The Kier molecular flexibility index (Phi) is 2.48. The molecule has 3 aromatic heterocycles. The molecule has 0 amide bonds. The number of hydrogen-bond donors (Lipinski definition) is 1. The van der Waals surface area contributed by atoms with Crippen LogP contribution in [0.25, 0.3) is 16.6 Å². The highest BCUT2D eigenvalue weighted by Gasteiger charge is 2.17. The van der Waals surface area contributed by atoms with Gasteiger partial charge in [-0.15, -0.1) is 0 Å². The summed E-state index contributed by atoms with van der Waals surface area (Å²) >= 11 is 0. The summed E-state index contributed by atoms with van der Waals surface area (Å²) in [6.07, 6.45) is 7.04. The molecule has 0 saturated carbocycles. The third-order valence-electron chi connectivity index (χ3n) is 3.87. The van der Waals surface area contributed by atoms with Crippen molar-refractivity contribution in [3.63, 3.8) is 0 Å². The fourth-order valence-electron chi connectivity index (χ4n) is 2.89. The van der Waals surface area contributed by atoms with Crippen molar-refractivity contribution in [1.82, 2.24) is 19.6 Å². The lowest BCUT2D eigenvalue weighted by Crippen LogP contribution is -2.32. The van der Waals surface area contributed by atoms with E-state index in [1.165, 1.54) is 6.42 Å². The van der Waals surface area contributed by atoms with E-state index < -0.39 is 0 Å². The molecule has 0 radical (unpaired) electrons. The molecule has 0 atom stereocenters. The van der Waals surface area contributed by atoms with Crippen LogP contribution in [0.5, 0.6) is 0 Å². The Morgan fingerprint density at radius 1 is 1.20 bits per heavy atom. The Morgan fingerprint density at radius 3 is 2.90 bits per heavy atom. The first-order chi connectivity index (χ1) is 9.83. The van der Waals surface area contributed by atoms with Crippen molar-refractivity contribution in [2.24, 2.45) is 0 Å². The van der Waals surface area contributed by atoms with Crippen LogP contribution in [0.15, 0.2) is 29.3 Å². The minimum absolute atomic E-state index is 0.0938. The van der Waals surface area contributed by atoms with E-state index in [0.717, 1.165) is 48.3 Å². The van der Waals surface area contributed by atoms with Gasteiger partial charge in [0.05, 0.1) is 10.9 Å². The number of aromatic amines is 1. The zero-order valence-electron chi connectivity index (χ0n) is 11.0. The van der Waals surface area contributed by atoms with Gasteiger partial charge >= 0.3 is 0 Å². The van der Waals surface area contributed by atoms with Crippen LogP contribution < -0.4 is 10.5 Å². The fraction of sp³-hybridized carbons (Fsp3) is 0.357. The van der Waals surface area contributed by atoms with Crippen LogP contribution in [0.2, 0.25) is 0 Å². The molecule has 3 aromatic rings. The summed E-state index contributed by atoms with van der Waals surface area (Å²) < 4.78 is 1.83. The molecule has 1 saturated heterocycles. The zero-order chi connectivity index (χ0) is 13.5. The van der Waals surface area contributed by atoms with Crippen LogP contribution in [0.3, 0.4) is 0 Å². The lowest BCUT2D eigenvalue weighted by atomic mass is 10.1. The molecule has 6 nitrogen and oxygen atoms in total. The summed E-state index contributed by atoms with van der Waals surface area (Å²) in [5.41, 5.74) is 1.48. The molecule has 102 valence electrons. The molecule has 0 aliphatic carbocycles. The van der Waals surface area contributed by atoms with Crippen LogP contribution in [-0.2, 0) is 0 Å². The van der Waals surface area contributed by atoms with Gasteiger partial charge in [-0.1, -0.05) is 0 Å². The van der Waals surface area contributed by atoms with Crippen molar-refractivity contribution in [2.45, 2.75) is 19.3 Å². The van der Waals surface area contributed by atoms with Gasteiger partial charge in [-0.3, -0.25) is 9.78 Å². The molecule has 1 aliphatic heterocycles. The Labute approximate surface area is 115 Å². The Bertz CT molecular complexity index is 828. The van der Waals surface area contributed by atoms with Crippen LogP contribution >= 0.6 is 0 Å². The van der Waals surface area contributed by atoms with E-state index in [4.69, 9.17) is 0 Å². The van der Waals surface area contributed by atoms with Gasteiger partial charge in [0.15, 0.2) is 0 Å². The van der Waals surface area contributed by atoms with E-state index in [1.54, 1.807) is 18.5 Å². The Morgan fingerprint density at radius 2 is 2.05 bits per heavy atom. The number of nitrogens with one attached hydrogen (secondary N) is 1. The monoisotopic (exact) mass is 269 g/mol. The average molecular weight is 269 g/mol. The lowest BCUT2D eigenvalue weighted by Gasteiger charge is -2.28. The molecule has 1 aliphatic rings. The van der Waals surface area contributed by atoms with Crippen LogP contribution in [0.1, 0.15) is 19.3 Å². The number of fused-ring (bicyclic) bond motifs is 3. The highest BCUT2D eigenvalue weighted by molar-refractivity contribution is 5.91. The van der Waals surface area contributed by atoms with Gasteiger partial charge < -0.3 is 9.88 Å². The third-order valence-corrected chi connectivity index (χ3v) is 3.87. The van der Waals surface area contributed by atoms with Crippen molar-refractivity contribution in [2.75, 3.05) is 18.0 Å². The second-order valence-electron chi connectivity index (χ2n) is 5.19. The standard InChI is InChI=1S/C14H15N5O/c20-12-8-13(18-6-2-1-3-7-18)19-14(16-12)10-9-15-5-4-11(10)17-19/h4-5,8-9H,1-3,6-7H2,(H,16,20). The maximum atomic E-state index is 11.9. The summed E-state index contributed by atoms with van der Waals surface area (Å²) in [7, 11) is 0. The topological polar surface area (TPSA) is 66.3 Å². The number of nitrogens with zero attached hydrogens (tertiary/aromatic N) is 4. The van der Waals surface area contributed by atoms with Gasteiger partial charge in [0.2, 0.25) is 0 Å². The number of aromatic nitrogens is 4. The van der Waals surface area contributed by atoms with E-state index in [9.17, 15) is 4.79 Å². The summed E-state index contributed by atoms with van der Waals surface area (Å²) in [5, 5.41) is 5.47. The van der Waals surface area contributed by atoms with Gasteiger partial charge in [0.25, 0.3) is 5.56 Å². The second-order valence-corrected chi connectivity index (χ2v) is 5.19. The molecule has 4 heterocycles. The Balaban J connectivity index is 2.02. The van der Waals surface area contributed by atoms with Crippen LogP contribution in [0, 0.1) is 0 Å². The normalized spacial score (nSPS) is 16.1. The van der Waals surface area contributed by atoms with Crippen LogP contribution in [0.4, 0.5) is 5.82 Å². The lowest BCUT2D eigenvalue weighted by molar-refractivity contribution is 0.568. The smallest absolute Gasteiger partial charge is 0.253 e. The highest BCUT2D eigenvalue weighted by Crippen LogP contribution is 2.22. The number of pyridine rings is 1. The Hall–Kier alpha value is -2.37. The van der Waals surface area contributed by atoms with Crippen molar-refractivity contribution < 1.29 is 0 Å². The van der Waals surface area contributed by atoms with E-state index in [2.05, 4.69) is 20.0 Å². The molecule has 0 spiro atoms. The minimum atomic E-state index is -0.0938. The quantitative estimate of drug-likeness (QED) is 0.728. The first-order valence-corrected chi connectivity index (χ1v) is 6.94. The third kappa shape index (κ3) is 1.68. The molecular formula is C14H15N5O. The second kappa shape index (κ2) is 4.33.